The molecule has 2 heterocycles. The molecule has 0 aliphatic carbocycles. The predicted molar refractivity (Wildman–Crippen MR) is 66.1 cm³/mol. The predicted octanol–water partition coefficient (Wildman–Crippen LogP) is 1.56. The minimum absolute atomic E-state index is 0.0130. The number of halogens is 1. The van der Waals surface area contributed by atoms with Crippen LogP contribution < -0.4 is 0 Å². The van der Waals surface area contributed by atoms with E-state index in [0.717, 1.165) is 23.2 Å². The van der Waals surface area contributed by atoms with Crippen molar-refractivity contribution in [2.45, 2.75) is 31.2 Å². The van der Waals surface area contributed by atoms with Crippen molar-refractivity contribution in [2.24, 2.45) is 5.92 Å². The first-order valence-corrected chi connectivity index (χ1v) is 7.57. The summed E-state index contributed by atoms with van der Waals surface area (Å²) in [4.78, 5) is 15.3. The molecule has 1 unspecified atom stereocenters. The smallest absolute Gasteiger partial charge is 0.274 e. The SMILES string of the molecule is CCCC1CC(=O)N(S(=O)(=O)c2ncccc2F)C1. The zero-order chi connectivity index (χ0) is 14.0. The van der Waals surface area contributed by atoms with Gasteiger partial charge >= 0.3 is 0 Å². The van der Waals surface area contributed by atoms with Gasteiger partial charge in [0, 0.05) is 19.2 Å². The molecular weight excluding hydrogens is 271 g/mol. The molecule has 0 N–H and O–H groups in total. The zero-order valence-electron chi connectivity index (χ0n) is 10.5. The second-order valence-corrected chi connectivity index (χ2v) is 6.36. The van der Waals surface area contributed by atoms with Crippen LogP contribution in [0, 0.1) is 11.7 Å². The fourth-order valence-electron chi connectivity index (χ4n) is 2.25. The minimum atomic E-state index is -4.17. The Bertz CT molecular complexity index is 588. The van der Waals surface area contributed by atoms with Gasteiger partial charge in [0.15, 0.2) is 5.82 Å². The maximum absolute atomic E-state index is 13.5. The van der Waals surface area contributed by atoms with Gasteiger partial charge in [0.2, 0.25) is 10.9 Å². The number of nitrogens with zero attached hydrogens (tertiary/aromatic N) is 2. The van der Waals surface area contributed by atoms with Crippen molar-refractivity contribution in [3.63, 3.8) is 0 Å². The summed E-state index contributed by atoms with van der Waals surface area (Å²) in [6.07, 6.45) is 3.05. The molecule has 7 heteroatoms. The van der Waals surface area contributed by atoms with E-state index in [0.29, 0.717) is 0 Å². The molecule has 1 aliphatic heterocycles. The van der Waals surface area contributed by atoms with E-state index in [-0.39, 0.29) is 18.9 Å². The molecule has 1 aromatic rings. The molecule has 5 nitrogen and oxygen atoms in total. The van der Waals surface area contributed by atoms with E-state index in [4.69, 9.17) is 0 Å². The molecule has 0 saturated carbocycles. The summed E-state index contributed by atoms with van der Waals surface area (Å²) in [6.45, 7) is 2.09. The molecule has 104 valence electrons. The number of hydrogen-bond acceptors (Lipinski definition) is 4. The van der Waals surface area contributed by atoms with Gasteiger partial charge in [-0.25, -0.2) is 13.7 Å². The lowest BCUT2D eigenvalue weighted by Crippen LogP contribution is -2.33. The van der Waals surface area contributed by atoms with Crippen molar-refractivity contribution < 1.29 is 17.6 Å². The summed E-state index contributed by atoms with van der Waals surface area (Å²) in [7, 11) is -4.17. The third kappa shape index (κ3) is 2.60. The molecule has 2 rings (SSSR count). The first-order chi connectivity index (χ1) is 8.96. The maximum Gasteiger partial charge on any atom is 0.287 e. The molecule has 1 atom stereocenters. The Labute approximate surface area is 111 Å². The molecule has 0 bridgehead atoms. The highest BCUT2D eigenvalue weighted by Gasteiger charge is 2.39. The fourth-order valence-corrected chi connectivity index (χ4v) is 3.72. The Morgan fingerprint density at radius 1 is 1.53 bits per heavy atom. The van der Waals surface area contributed by atoms with Gasteiger partial charge in [-0.05, 0) is 24.5 Å². The second-order valence-electron chi connectivity index (χ2n) is 4.58. The number of carbonyl (C=O) groups excluding carboxylic acids is 1. The first kappa shape index (κ1) is 13.9. The molecular formula is C12H15FN2O3S. The van der Waals surface area contributed by atoms with E-state index in [1.807, 2.05) is 6.92 Å². The Morgan fingerprint density at radius 2 is 2.26 bits per heavy atom. The Morgan fingerprint density at radius 3 is 2.89 bits per heavy atom. The van der Waals surface area contributed by atoms with Gasteiger partial charge in [0.25, 0.3) is 10.0 Å². The normalized spacial score (nSPS) is 20.0. The standard InChI is InChI=1S/C12H15FN2O3S/c1-2-4-9-7-11(16)15(8-9)19(17,18)12-10(13)5-3-6-14-12/h3,5-6,9H,2,4,7-8H2,1H3. The highest BCUT2D eigenvalue weighted by atomic mass is 32.2. The van der Waals surface area contributed by atoms with Crippen LogP contribution in [-0.2, 0) is 14.8 Å². The summed E-state index contributed by atoms with van der Waals surface area (Å²) in [6, 6.07) is 2.32. The number of hydrogen-bond donors (Lipinski definition) is 0. The van der Waals surface area contributed by atoms with Crippen molar-refractivity contribution in [3.05, 3.63) is 24.1 Å². The van der Waals surface area contributed by atoms with Crippen LogP contribution in [0.1, 0.15) is 26.2 Å². The third-order valence-corrected chi connectivity index (χ3v) is 4.84. The maximum atomic E-state index is 13.5. The van der Waals surface area contributed by atoms with Crippen molar-refractivity contribution in [2.75, 3.05) is 6.54 Å². The molecule has 1 amide bonds. The van der Waals surface area contributed by atoms with Crippen LogP contribution in [0.25, 0.3) is 0 Å². The Balaban J connectivity index is 2.31. The Kier molecular flexibility index (Phi) is 3.84. The van der Waals surface area contributed by atoms with E-state index in [2.05, 4.69) is 4.98 Å². The van der Waals surface area contributed by atoms with Gasteiger partial charge in [0.1, 0.15) is 0 Å². The van der Waals surface area contributed by atoms with E-state index < -0.39 is 26.8 Å². The van der Waals surface area contributed by atoms with Crippen molar-refractivity contribution in [3.8, 4) is 0 Å². The lowest BCUT2D eigenvalue weighted by Gasteiger charge is -2.16. The van der Waals surface area contributed by atoms with Crippen LogP contribution in [0.4, 0.5) is 4.39 Å². The van der Waals surface area contributed by atoms with Crippen LogP contribution in [-0.4, -0.2) is 30.2 Å². The largest absolute Gasteiger partial charge is 0.287 e. The molecule has 1 fully saturated rings. The van der Waals surface area contributed by atoms with Gasteiger partial charge in [-0.1, -0.05) is 13.3 Å². The summed E-state index contributed by atoms with van der Waals surface area (Å²) < 4.78 is 38.7. The number of rotatable bonds is 4. The van der Waals surface area contributed by atoms with Crippen LogP contribution in [0.5, 0.6) is 0 Å². The number of aromatic nitrogens is 1. The average molecular weight is 286 g/mol. The monoisotopic (exact) mass is 286 g/mol. The highest BCUT2D eigenvalue weighted by molar-refractivity contribution is 7.89. The van der Waals surface area contributed by atoms with E-state index in [1.54, 1.807) is 0 Å². The van der Waals surface area contributed by atoms with Gasteiger partial charge in [-0.2, -0.15) is 8.42 Å². The molecule has 0 spiro atoms. The third-order valence-electron chi connectivity index (χ3n) is 3.12. The molecule has 19 heavy (non-hydrogen) atoms. The minimum Gasteiger partial charge on any atom is -0.274 e. The van der Waals surface area contributed by atoms with E-state index >= 15 is 0 Å². The van der Waals surface area contributed by atoms with Crippen molar-refractivity contribution >= 4 is 15.9 Å². The summed E-state index contributed by atoms with van der Waals surface area (Å²) in [5.74, 6) is -1.41. The quantitative estimate of drug-likeness (QED) is 0.842. The molecule has 1 aliphatic rings. The molecule has 0 radical (unpaired) electrons. The van der Waals surface area contributed by atoms with Crippen LogP contribution >= 0.6 is 0 Å². The van der Waals surface area contributed by atoms with E-state index in [9.17, 15) is 17.6 Å². The summed E-state index contributed by atoms with van der Waals surface area (Å²) in [5, 5.41) is -0.680. The summed E-state index contributed by atoms with van der Waals surface area (Å²) >= 11 is 0. The highest BCUT2D eigenvalue weighted by Crippen LogP contribution is 2.28. The average Bonchev–Trinajstić information content (AvgIpc) is 2.72. The second kappa shape index (κ2) is 5.24. The van der Waals surface area contributed by atoms with Crippen LogP contribution in [0.15, 0.2) is 23.4 Å². The molecule has 0 aromatic carbocycles. The number of amides is 1. The number of carbonyl (C=O) groups is 1. The number of pyridine rings is 1. The molecule has 1 saturated heterocycles. The van der Waals surface area contributed by atoms with Gasteiger partial charge < -0.3 is 0 Å². The lowest BCUT2D eigenvalue weighted by molar-refractivity contribution is -0.123. The van der Waals surface area contributed by atoms with Crippen molar-refractivity contribution in [1.82, 2.24) is 9.29 Å². The van der Waals surface area contributed by atoms with Gasteiger partial charge in [-0.15, -0.1) is 0 Å². The first-order valence-electron chi connectivity index (χ1n) is 6.13. The fraction of sp³-hybridized carbons (Fsp3) is 0.500. The van der Waals surface area contributed by atoms with E-state index in [1.165, 1.54) is 12.3 Å². The number of sulfonamides is 1. The van der Waals surface area contributed by atoms with Gasteiger partial charge in [-0.3, -0.25) is 4.79 Å². The molecule has 1 aromatic heterocycles. The zero-order valence-corrected chi connectivity index (χ0v) is 11.4. The van der Waals surface area contributed by atoms with Crippen LogP contribution in [0.2, 0.25) is 0 Å². The van der Waals surface area contributed by atoms with Gasteiger partial charge in [0.05, 0.1) is 0 Å². The summed E-state index contributed by atoms with van der Waals surface area (Å²) in [5.41, 5.74) is 0. The van der Waals surface area contributed by atoms with Crippen molar-refractivity contribution in [1.29, 1.82) is 0 Å². The lowest BCUT2D eigenvalue weighted by atomic mass is 10.0. The van der Waals surface area contributed by atoms with Crippen LogP contribution in [0.3, 0.4) is 0 Å². The topological polar surface area (TPSA) is 67.3 Å². The Hall–Kier alpha value is -1.50.